The highest BCUT2D eigenvalue weighted by molar-refractivity contribution is 5.65. The van der Waals surface area contributed by atoms with Gasteiger partial charge in [-0.15, -0.1) is 6.58 Å². The van der Waals surface area contributed by atoms with Crippen molar-refractivity contribution in [3.05, 3.63) is 78.4 Å². The summed E-state index contributed by atoms with van der Waals surface area (Å²) in [4.78, 5) is 2.20. The minimum absolute atomic E-state index is 0.446. The molecule has 0 saturated heterocycles. The number of allylic oxidation sites excluding steroid dienone is 1. The van der Waals surface area contributed by atoms with Crippen molar-refractivity contribution < 1.29 is 14.6 Å². The molecule has 0 saturated carbocycles. The van der Waals surface area contributed by atoms with E-state index in [1.54, 1.807) is 11.8 Å². The van der Waals surface area contributed by atoms with Gasteiger partial charge in [0.05, 0.1) is 18.3 Å². The predicted octanol–water partition coefficient (Wildman–Crippen LogP) is 4.96. The van der Waals surface area contributed by atoms with E-state index in [0.717, 1.165) is 29.0 Å². The van der Waals surface area contributed by atoms with Gasteiger partial charge in [0, 0.05) is 39.4 Å². The van der Waals surface area contributed by atoms with E-state index in [2.05, 4.69) is 30.5 Å². The summed E-state index contributed by atoms with van der Waals surface area (Å²) in [7, 11) is 3.59. The molecule has 0 bridgehead atoms. The standard InChI is InChI=1S/C27H35N3O3/c1-5-6-12-23(31)19-30(17-18-32-4)20-25-26(22-10-8-7-9-11-22)28-29(3)27(25)33-24-15-13-21(2)14-16-24/h5,7-11,13-16,23,31H,1,6,12,17-20H2,2-4H3/t23-/m1/s1. The maximum atomic E-state index is 10.6. The summed E-state index contributed by atoms with van der Waals surface area (Å²) in [5.74, 6) is 1.46. The first-order valence-corrected chi connectivity index (χ1v) is 11.4. The van der Waals surface area contributed by atoms with Crippen molar-refractivity contribution >= 4 is 0 Å². The molecule has 0 unspecified atom stereocenters. The number of aromatic nitrogens is 2. The third kappa shape index (κ3) is 7.02. The van der Waals surface area contributed by atoms with Gasteiger partial charge in [-0.2, -0.15) is 5.10 Å². The molecule has 0 amide bonds. The lowest BCUT2D eigenvalue weighted by Gasteiger charge is -2.25. The van der Waals surface area contributed by atoms with E-state index in [9.17, 15) is 5.11 Å². The number of aryl methyl sites for hydroxylation is 2. The molecular formula is C27H35N3O3. The molecule has 0 aliphatic rings. The normalized spacial score (nSPS) is 12.2. The third-order valence-corrected chi connectivity index (χ3v) is 5.54. The first-order valence-electron chi connectivity index (χ1n) is 11.4. The van der Waals surface area contributed by atoms with E-state index in [1.807, 2.05) is 55.6 Å². The average Bonchev–Trinajstić information content (AvgIpc) is 3.13. The monoisotopic (exact) mass is 449 g/mol. The Hall–Kier alpha value is -2.93. The number of rotatable bonds is 13. The van der Waals surface area contributed by atoms with E-state index >= 15 is 0 Å². The maximum Gasteiger partial charge on any atom is 0.222 e. The smallest absolute Gasteiger partial charge is 0.222 e. The molecule has 33 heavy (non-hydrogen) atoms. The van der Waals surface area contributed by atoms with Crippen LogP contribution < -0.4 is 4.74 Å². The van der Waals surface area contributed by atoms with Crippen LogP contribution in [0.25, 0.3) is 11.3 Å². The molecule has 1 aromatic heterocycles. The molecule has 0 aliphatic heterocycles. The number of benzene rings is 2. The second kappa shape index (κ2) is 12.3. The van der Waals surface area contributed by atoms with Gasteiger partial charge >= 0.3 is 0 Å². The summed E-state index contributed by atoms with van der Waals surface area (Å²) in [6, 6.07) is 18.1. The minimum Gasteiger partial charge on any atom is -0.439 e. The summed E-state index contributed by atoms with van der Waals surface area (Å²) >= 11 is 0. The number of ether oxygens (including phenoxy) is 2. The number of methoxy groups -OCH3 is 1. The van der Waals surface area contributed by atoms with Gasteiger partial charge in [-0.25, -0.2) is 4.68 Å². The molecule has 0 spiro atoms. The van der Waals surface area contributed by atoms with Crippen molar-refractivity contribution in [2.24, 2.45) is 7.05 Å². The van der Waals surface area contributed by atoms with Crippen LogP contribution in [0, 0.1) is 6.92 Å². The van der Waals surface area contributed by atoms with Crippen molar-refractivity contribution in [1.29, 1.82) is 0 Å². The topological polar surface area (TPSA) is 59.8 Å². The molecule has 0 radical (unpaired) electrons. The largest absolute Gasteiger partial charge is 0.439 e. The predicted molar refractivity (Wildman–Crippen MR) is 132 cm³/mol. The number of aliphatic hydroxyl groups excluding tert-OH is 1. The van der Waals surface area contributed by atoms with Crippen LogP contribution in [0.4, 0.5) is 0 Å². The summed E-state index contributed by atoms with van der Waals surface area (Å²) < 4.78 is 13.5. The summed E-state index contributed by atoms with van der Waals surface area (Å²) in [6.07, 6.45) is 2.85. The molecule has 0 fully saturated rings. The van der Waals surface area contributed by atoms with Crippen LogP contribution in [0.5, 0.6) is 11.6 Å². The zero-order chi connectivity index (χ0) is 23.6. The Balaban J connectivity index is 1.96. The number of nitrogens with zero attached hydrogens (tertiary/aromatic N) is 3. The average molecular weight is 450 g/mol. The molecule has 1 atom stereocenters. The lowest BCUT2D eigenvalue weighted by atomic mass is 10.1. The molecule has 0 aliphatic carbocycles. The van der Waals surface area contributed by atoms with Crippen LogP contribution in [0.15, 0.2) is 67.3 Å². The molecule has 6 heteroatoms. The Kier molecular flexibility index (Phi) is 9.24. The maximum absolute atomic E-state index is 10.6. The fourth-order valence-electron chi connectivity index (χ4n) is 3.75. The Morgan fingerprint density at radius 2 is 1.88 bits per heavy atom. The third-order valence-electron chi connectivity index (χ3n) is 5.54. The van der Waals surface area contributed by atoms with Crippen molar-refractivity contribution in [2.45, 2.75) is 32.4 Å². The SMILES string of the molecule is C=CCC[C@@H](O)CN(CCOC)Cc1c(-c2ccccc2)nn(C)c1Oc1ccc(C)cc1. The fraction of sp³-hybridized carbons (Fsp3) is 0.370. The first-order chi connectivity index (χ1) is 16.0. The van der Waals surface area contributed by atoms with Crippen molar-refractivity contribution in [3.8, 4) is 22.9 Å². The van der Waals surface area contributed by atoms with Crippen LogP contribution in [0.1, 0.15) is 24.0 Å². The lowest BCUT2D eigenvalue weighted by molar-refractivity contribution is 0.0806. The van der Waals surface area contributed by atoms with E-state index in [1.165, 1.54) is 5.56 Å². The lowest BCUT2D eigenvalue weighted by Crippen LogP contribution is -2.34. The van der Waals surface area contributed by atoms with Gasteiger partial charge in [0.15, 0.2) is 0 Å². The molecule has 1 N–H and O–H groups in total. The van der Waals surface area contributed by atoms with Crippen molar-refractivity contribution in [2.75, 3.05) is 26.8 Å². The van der Waals surface area contributed by atoms with E-state index in [-0.39, 0.29) is 0 Å². The van der Waals surface area contributed by atoms with Crippen LogP contribution in [0.2, 0.25) is 0 Å². The highest BCUT2D eigenvalue weighted by atomic mass is 16.5. The zero-order valence-electron chi connectivity index (χ0n) is 19.9. The number of aliphatic hydroxyl groups is 1. The highest BCUT2D eigenvalue weighted by Crippen LogP contribution is 2.34. The minimum atomic E-state index is -0.446. The van der Waals surface area contributed by atoms with Crippen molar-refractivity contribution in [3.63, 3.8) is 0 Å². The van der Waals surface area contributed by atoms with Gasteiger partial charge in [-0.3, -0.25) is 4.90 Å². The van der Waals surface area contributed by atoms with Crippen LogP contribution in [0.3, 0.4) is 0 Å². The van der Waals surface area contributed by atoms with Gasteiger partial charge in [-0.05, 0) is 31.9 Å². The molecular weight excluding hydrogens is 414 g/mol. The molecule has 1 heterocycles. The Bertz CT molecular complexity index is 999. The summed E-state index contributed by atoms with van der Waals surface area (Å²) in [5.41, 5.74) is 4.07. The summed E-state index contributed by atoms with van der Waals surface area (Å²) in [6.45, 7) is 8.19. The molecule has 6 nitrogen and oxygen atoms in total. The Morgan fingerprint density at radius 1 is 1.15 bits per heavy atom. The number of hydrogen-bond donors (Lipinski definition) is 1. The quantitative estimate of drug-likeness (QED) is 0.374. The Morgan fingerprint density at radius 3 is 2.55 bits per heavy atom. The van der Waals surface area contributed by atoms with E-state index < -0.39 is 6.10 Å². The molecule has 3 rings (SSSR count). The second-order valence-corrected chi connectivity index (χ2v) is 8.28. The van der Waals surface area contributed by atoms with Gasteiger partial charge in [0.2, 0.25) is 5.88 Å². The zero-order valence-corrected chi connectivity index (χ0v) is 19.9. The van der Waals surface area contributed by atoms with E-state index in [4.69, 9.17) is 14.6 Å². The molecule has 3 aromatic rings. The second-order valence-electron chi connectivity index (χ2n) is 8.28. The summed E-state index contributed by atoms with van der Waals surface area (Å²) in [5, 5.41) is 15.4. The molecule has 2 aromatic carbocycles. The number of hydrogen-bond acceptors (Lipinski definition) is 5. The Labute approximate surface area is 197 Å². The van der Waals surface area contributed by atoms with E-state index in [0.29, 0.717) is 38.5 Å². The van der Waals surface area contributed by atoms with Crippen LogP contribution in [-0.2, 0) is 18.3 Å². The highest BCUT2D eigenvalue weighted by Gasteiger charge is 2.23. The molecule has 176 valence electrons. The fourth-order valence-corrected chi connectivity index (χ4v) is 3.75. The van der Waals surface area contributed by atoms with Crippen molar-refractivity contribution in [1.82, 2.24) is 14.7 Å². The van der Waals surface area contributed by atoms with Gasteiger partial charge in [-0.1, -0.05) is 54.1 Å². The van der Waals surface area contributed by atoms with Gasteiger partial charge in [0.1, 0.15) is 11.4 Å². The van der Waals surface area contributed by atoms with Gasteiger partial charge in [0.25, 0.3) is 0 Å². The van der Waals surface area contributed by atoms with Gasteiger partial charge < -0.3 is 14.6 Å². The first kappa shape index (κ1) is 24.7. The van der Waals surface area contributed by atoms with Crippen LogP contribution in [-0.4, -0.2) is 52.7 Å². The van der Waals surface area contributed by atoms with Crippen LogP contribution >= 0.6 is 0 Å².